The molecule has 0 aliphatic rings. The molecule has 1 aromatic rings. The van der Waals surface area contributed by atoms with Gasteiger partial charge in [-0.15, -0.1) is 0 Å². The first-order valence-electron chi connectivity index (χ1n) is 5.40. The number of alkyl halides is 1. The number of para-hydroxylation sites is 1. The number of ether oxygens (including phenoxy) is 2. The van der Waals surface area contributed by atoms with Crippen LogP contribution < -0.4 is 4.74 Å². The van der Waals surface area contributed by atoms with Crippen molar-refractivity contribution in [3.63, 3.8) is 0 Å². The fourth-order valence-electron chi connectivity index (χ4n) is 1.37. The number of carbonyl (C=O) groups excluding carboxylic acids is 2. The summed E-state index contributed by atoms with van der Waals surface area (Å²) >= 11 is 3.27. The lowest BCUT2D eigenvalue weighted by Gasteiger charge is -2.20. The van der Waals surface area contributed by atoms with Crippen molar-refractivity contribution in [3.05, 3.63) is 29.3 Å². The van der Waals surface area contributed by atoms with Gasteiger partial charge in [0.2, 0.25) is 0 Å². The summed E-state index contributed by atoms with van der Waals surface area (Å²) in [7, 11) is 0. The van der Waals surface area contributed by atoms with Crippen LogP contribution in [0, 0.1) is 0 Å². The summed E-state index contributed by atoms with van der Waals surface area (Å²) in [6.45, 7) is 5.63. The molecule has 1 aromatic carbocycles. The van der Waals surface area contributed by atoms with Crippen LogP contribution in [0.25, 0.3) is 0 Å². The second-order valence-electron chi connectivity index (χ2n) is 4.64. The van der Waals surface area contributed by atoms with Crippen LogP contribution in [0.4, 0.5) is 0 Å². The number of carbonyl (C=O) groups is 2. The third-order valence-corrected chi connectivity index (χ3v) is 2.63. The maximum Gasteiger partial charge on any atom is 0.342 e. The summed E-state index contributed by atoms with van der Waals surface area (Å²) < 4.78 is 10.1. The van der Waals surface area contributed by atoms with E-state index in [0.717, 1.165) is 0 Å². The molecule has 0 unspecified atom stereocenters. The minimum Gasteiger partial charge on any atom is -0.456 e. The van der Waals surface area contributed by atoms with E-state index in [9.17, 15) is 9.59 Å². The molecule has 4 nitrogen and oxygen atoms in total. The zero-order chi connectivity index (χ0) is 13.8. The molecule has 0 saturated carbocycles. The third kappa shape index (κ3) is 3.84. The molecule has 0 saturated heterocycles. The topological polar surface area (TPSA) is 52.6 Å². The number of rotatable bonds is 4. The minimum absolute atomic E-state index is 0.235. The van der Waals surface area contributed by atoms with Crippen LogP contribution in [0.5, 0.6) is 5.75 Å². The van der Waals surface area contributed by atoms with Crippen LogP contribution in [0.3, 0.4) is 0 Å². The molecule has 0 fully saturated rings. The quantitative estimate of drug-likeness (QED) is 0.487. The highest BCUT2D eigenvalue weighted by molar-refractivity contribution is 9.08. The molecule has 1 rings (SSSR count). The lowest BCUT2D eigenvalue weighted by molar-refractivity contribution is -0.120. The predicted octanol–water partition coefficient (Wildman–Crippen LogP) is 3.07. The van der Waals surface area contributed by atoms with Crippen LogP contribution in [0.15, 0.2) is 18.2 Å². The van der Waals surface area contributed by atoms with Gasteiger partial charge < -0.3 is 9.47 Å². The highest BCUT2D eigenvalue weighted by Gasteiger charge is 2.22. The fraction of sp³-hybridized carbons (Fsp3) is 0.385. The maximum atomic E-state index is 12.0. The van der Waals surface area contributed by atoms with Gasteiger partial charge in [0.1, 0.15) is 16.9 Å². The van der Waals surface area contributed by atoms with Crippen molar-refractivity contribution >= 4 is 28.4 Å². The second kappa shape index (κ2) is 6.00. The molecule has 0 aromatic heterocycles. The minimum atomic E-state index is -0.597. The van der Waals surface area contributed by atoms with E-state index >= 15 is 0 Å². The number of halogens is 1. The van der Waals surface area contributed by atoms with Crippen LogP contribution in [-0.4, -0.2) is 18.0 Å². The average Bonchev–Trinajstić information content (AvgIpc) is 2.27. The van der Waals surface area contributed by atoms with Crippen molar-refractivity contribution < 1.29 is 19.1 Å². The zero-order valence-electron chi connectivity index (χ0n) is 10.5. The van der Waals surface area contributed by atoms with Gasteiger partial charge >= 0.3 is 5.97 Å². The Morgan fingerprint density at radius 1 is 1.39 bits per heavy atom. The van der Waals surface area contributed by atoms with Crippen molar-refractivity contribution in [1.82, 2.24) is 0 Å². The first-order chi connectivity index (χ1) is 8.39. The maximum absolute atomic E-state index is 12.0. The van der Waals surface area contributed by atoms with Gasteiger partial charge in [0.25, 0.3) is 6.47 Å². The standard InChI is InChI=1S/C13H15BrO4/c1-13(2,3)18-12(16)10-6-4-5-9(7-14)11(10)17-8-15/h4-6,8H,7H2,1-3H3. The highest BCUT2D eigenvalue weighted by atomic mass is 79.9. The first kappa shape index (κ1) is 14.7. The lowest BCUT2D eigenvalue weighted by atomic mass is 10.1. The van der Waals surface area contributed by atoms with Gasteiger partial charge in [0, 0.05) is 10.9 Å². The average molecular weight is 315 g/mol. The first-order valence-corrected chi connectivity index (χ1v) is 6.52. The lowest BCUT2D eigenvalue weighted by Crippen LogP contribution is -2.24. The van der Waals surface area contributed by atoms with E-state index in [4.69, 9.17) is 9.47 Å². The molecule has 0 bridgehead atoms. The van der Waals surface area contributed by atoms with Crippen LogP contribution in [-0.2, 0) is 14.9 Å². The highest BCUT2D eigenvalue weighted by Crippen LogP contribution is 2.27. The Morgan fingerprint density at radius 3 is 2.56 bits per heavy atom. The van der Waals surface area contributed by atoms with Crippen molar-refractivity contribution in [2.75, 3.05) is 0 Å². The van der Waals surface area contributed by atoms with Gasteiger partial charge in [0.05, 0.1) is 0 Å². The molecule has 0 N–H and O–H groups in total. The summed E-state index contributed by atoms with van der Waals surface area (Å²) in [5.41, 5.74) is 0.361. The van der Waals surface area contributed by atoms with Gasteiger partial charge in [-0.2, -0.15) is 0 Å². The van der Waals surface area contributed by atoms with Crippen molar-refractivity contribution in [2.45, 2.75) is 31.7 Å². The van der Waals surface area contributed by atoms with Gasteiger partial charge in [-0.3, -0.25) is 4.79 Å². The second-order valence-corrected chi connectivity index (χ2v) is 5.20. The summed E-state index contributed by atoms with van der Waals surface area (Å²) in [5.74, 6) is -0.277. The van der Waals surface area contributed by atoms with Crippen LogP contribution in [0.2, 0.25) is 0 Å². The van der Waals surface area contributed by atoms with E-state index in [0.29, 0.717) is 17.4 Å². The zero-order valence-corrected chi connectivity index (χ0v) is 12.1. The molecule has 0 spiro atoms. The Bertz CT molecular complexity index is 449. The molecule has 0 atom stereocenters. The van der Waals surface area contributed by atoms with Crippen LogP contribution in [0.1, 0.15) is 36.7 Å². The SMILES string of the molecule is CC(C)(C)OC(=O)c1cccc(CBr)c1OC=O. The Kier molecular flexibility index (Phi) is 4.90. The molecule has 5 heteroatoms. The molecule has 0 aliphatic heterocycles. The third-order valence-electron chi connectivity index (χ3n) is 2.03. The number of esters is 1. The molecule has 0 aliphatic carbocycles. The smallest absolute Gasteiger partial charge is 0.342 e. The molecule has 0 heterocycles. The largest absolute Gasteiger partial charge is 0.456 e. The molecular weight excluding hydrogens is 300 g/mol. The van der Waals surface area contributed by atoms with E-state index in [1.807, 2.05) is 0 Å². The number of hydrogen-bond donors (Lipinski definition) is 0. The van der Waals surface area contributed by atoms with Gasteiger partial charge in [-0.1, -0.05) is 28.1 Å². The van der Waals surface area contributed by atoms with Gasteiger partial charge in [0.15, 0.2) is 0 Å². The molecule has 0 amide bonds. The molecule has 18 heavy (non-hydrogen) atoms. The Hall–Kier alpha value is -1.36. The number of hydrogen-bond acceptors (Lipinski definition) is 4. The summed E-state index contributed by atoms with van der Waals surface area (Å²) in [6, 6.07) is 5.05. The van der Waals surface area contributed by atoms with Crippen molar-refractivity contribution in [3.8, 4) is 5.75 Å². The van der Waals surface area contributed by atoms with Crippen molar-refractivity contribution in [2.24, 2.45) is 0 Å². The monoisotopic (exact) mass is 314 g/mol. The Balaban J connectivity index is 3.14. The fourth-order valence-corrected chi connectivity index (χ4v) is 1.81. The number of benzene rings is 1. The predicted molar refractivity (Wildman–Crippen MR) is 70.9 cm³/mol. The summed E-state index contributed by atoms with van der Waals surface area (Å²) in [6.07, 6.45) is 0. The van der Waals surface area contributed by atoms with E-state index in [1.165, 1.54) is 0 Å². The Labute approximate surface area is 114 Å². The van der Waals surface area contributed by atoms with E-state index < -0.39 is 11.6 Å². The van der Waals surface area contributed by atoms with E-state index in [1.54, 1.807) is 39.0 Å². The van der Waals surface area contributed by atoms with Gasteiger partial charge in [-0.05, 0) is 26.8 Å². The van der Waals surface area contributed by atoms with E-state index in [-0.39, 0.29) is 11.3 Å². The van der Waals surface area contributed by atoms with Crippen LogP contribution >= 0.6 is 15.9 Å². The molecule has 0 radical (unpaired) electrons. The van der Waals surface area contributed by atoms with Crippen molar-refractivity contribution in [1.29, 1.82) is 0 Å². The summed E-state index contributed by atoms with van der Waals surface area (Å²) in [4.78, 5) is 22.5. The van der Waals surface area contributed by atoms with Gasteiger partial charge in [-0.25, -0.2) is 4.79 Å². The molecular formula is C13H15BrO4. The molecule has 98 valence electrons. The Morgan fingerprint density at radius 2 is 2.06 bits per heavy atom. The normalized spacial score (nSPS) is 10.9. The van der Waals surface area contributed by atoms with E-state index in [2.05, 4.69) is 15.9 Å². The summed E-state index contributed by atoms with van der Waals surface area (Å²) in [5, 5.41) is 0.479.